The Morgan fingerprint density at radius 2 is 1.71 bits per heavy atom. The summed E-state index contributed by atoms with van der Waals surface area (Å²) in [7, 11) is 0. The Hall–Kier alpha value is -3.22. The predicted octanol–water partition coefficient (Wildman–Crippen LogP) is 7.92. The van der Waals surface area contributed by atoms with Crippen molar-refractivity contribution in [3.8, 4) is 0 Å². The van der Waals surface area contributed by atoms with Gasteiger partial charge in [-0.05, 0) is 54.0 Å². The highest BCUT2D eigenvalue weighted by atomic mass is 35.5. The fraction of sp³-hybridized carbons (Fsp3) is 0.179. The molecule has 182 valence electrons. The number of hydrogen-bond acceptors (Lipinski definition) is 2. The molecule has 2 aromatic carbocycles. The van der Waals surface area contributed by atoms with Crippen molar-refractivity contribution in [2.24, 2.45) is 0 Å². The lowest BCUT2D eigenvalue weighted by molar-refractivity contribution is -0.137. The van der Waals surface area contributed by atoms with Crippen LogP contribution in [0.25, 0.3) is 0 Å². The highest BCUT2D eigenvalue weighted by molar-refractivity contribution is 6.30. The van der Waals surface area contributed by atoms with Crippen LogP contribution >= 0.6 is 11.6 Å². The van der Waals surface area contributed by atoms with Gasteiger partial charge < -0.3 is 0 Å². The number of hydrogen-bond donors (Lipinski definition) is 1. The van der Waals surface area contributed by atoms with E-state index in [1.807, 2.05) is 31.2 Å². The van der Waals surface area contributed by atoms with Crippen molar-refractivity contribution in [1.82, 2.24) is 10.3 Å². The highest BCUT2D eigenvalue weighted by Crippen LogP contribution is 2.39. The number of aryl methyl sites for hydroxylation is 1. The number of alkyl halides is 3. The van der Waals surface area contributed by atoms with Crippen LogP contribution in [0.15, 0.2) is 97.8 Å². The molecule has 0 radical (unpaired) electrons. The number of allylic oxidation sites excluding steroid dienone is 3. The molecule has 1 unspecified atom stereocenters. The zero-order valence-corrected chi connectivity index (χ0v) is 19.9. The van der Waals surface area contributed by atoms with E-state index in [1.54, 1.807) is 30.4 Å². The number of rotatable bonds is 9. The van der Waals surface area contributed by atoms with Crippen molar-refractivity contribution in [3.63, 3.8) is 0 Å². The Kier molecular flexibility index (Phi) is 8.30. The fourth-order valence-corrected chi connectivity index (χ4v) is 3.95. The lowest BCUT2D eigenvalue weighted by Gasteiger charge is -2.36. The maximum Gasteiger partial charge on any atom is 0.416 e. The van der Waals surface area contributed by atoms with E-state index < -0.39 is 23.1 Å². The monoisotopic (exact) mass is 500 g/mol. The van der Waals surface area contributed by atoms with Crippen LogP contribution in [0.4, 0.5) is 17.6 Å². The first kappa shape index (κ1) is 26.4. The third-order valence-corrected chi connectivity index (χ3v) is 5.88. The summed E-state index contributed by atoms with van der Waals surface area (Å²) >= 11 is 6.06. The van der Waals surface area contributed by atoms with Crippen LogP contribution in [0.3, 0.4) is 0 Å². The van der Waals surface area contributed by atoms with Crippen molar-refractivity contribution < 1.29 is 17.6 Å². The molecule has 1 aromatic heterocycles. The SMILES string of the molecule is C=C/C=C(\C=C)CC(NCc1ccc(C)cc1)(c1cc(F)cc(C(F)(F)F)c1)c1ccc(Cl)cn1. The molecule has 1 N–H and O–H groups in total. The second-order valence-corrected chi connectivity index (χ2v) is 8.63. The van der Waals surface area contributed by atoms with Crippen LogP contribution in [0.2, 0.25) is 5.02 Å². The van der Waals surface area contributed by atoms with Gasteiger partial charge in [0.05, 0.1) is 21.8 Å². The minimum atomic E-state index is -4.73. The molecule has 0 fully saturated rings. The van der Waals surface area contributed by atoms with E-state index in [1.165, 1.54) is 6.20 Å². The van der Waals surface area contributed by atoms with Crippen LogP contribution in [0, 0.1) is 12.7 Å². The van der Waals surface area contributed by atoms with Gasteiger partial charge in [-0.25, -0.2) is 4.39 Å². The average molecular weight is 501 g/mol. The Balaban J connectivity index is 2.27. The molecule has 0 aliphatic heterocycles. The van der Waals surface area contributed by atoms with E-state index in [4.69, 9.17) is 11.6 Å². The summed E-state index contributed by atoms with van der Waals surface area (Å²) in [5.74, 6) is -1.00. The Morgan fingerprint density at radius 3 is 2.29 bits per heavy atom. The van der Waals surface area contributed by atoms with Gasteiger partial charge in [0.15, 0.2) is 0 Å². The first-order valence-electron chi connectivity index (χ1n) is 10.8. The summed E-state index contributed by atoms with van der Waals surface area (Å²) in [6.45, 7) is 9.78. The van der Waals surface area contributed by atoms with Crippen molar-refractivity contribution in [2.75, 3.05) is 0 Å². The van der Waals surface area contributed by atoms with Crippen LogP contribution in [-0.4, -0.2) is 4.98 Å². The van der Waals surface area contributed by atoms with Gasteiger partial charge in [0.1, 0.15) is 5.82 Å². The smallest absolute Gasteiger partial charge is 0.298 e. The molecule has 0 spiro atoms. The van der Waals surface area contributed by atoms with Crippen molar-refractivity contribution in [1.29, 1.82) is 0 Å². The average Bonchev–Trinajstić information content (AvgIpc) is 2.82. The van der Waals surface area contributed by atoms with Crippen LogP contribution in [0.5, 0.6) is 0 Å². The van der Waals surface area contributed by atoms with Gasteiger partial charge in [-0.3, -0.25) is 10.3 Å². The molecule has 2 nitrogen and oxygen atoms in total. The number of halogens is 5. The van der Waals surface area contributed by atoms with Gasteiger partial charge in [-0.2, -0.15) is 13.2 Å². The number of aromatic nitrogens is 1. The van der Waals surface area contributed by atoms with Crippen molar-refractivity contribution >= 4 is 11.6 Å². The van der Waals surface area contributed by atoms with Crippen LogP contribution in [-0.2, 0) is 18.3 Å². The molecule has 7 heteroatoms. The lowest BCUT2D eigenvalue weighted by Crippen LogP contribution is -2.44. The van der Waals surface area contributed by atoms with Gasteiger partial charge in [0, 0.05) is 19.2 Å². The van der Waals surface area contributed by atoms with E-state index in [0.717, 1.165) is 23.3 Å². The second kappa shape index (κ2) is 11.0. The van der Waals surface area contributed by atoms with E-state index in [0.29, 0.717) is 22.4 Å². The highest BCUT2D eigenvalue weighted by Gasteiger charge is 2.39. The first-order chi connectivity index (χ1) is 16.6. The van der Waals surface area contributed by atoms with E-state index >= 15 is 0 Å². The topological polar surface area (TPSA) is 24.9 Å². The number of benzene rings is 2. The van der Waals surface area contributed by atoms with Crippen LogP contribution < -0.4 is 5.32 Å². The summed E-state index contributed by atoms with van der Waals surface area (Å²) in [6.07, 6.45) is 1.66. The van der Waals surface area contributed by atoms with Gasteiger partial charge in [0.2, 0.25) is 0 Å². The molecule has 3 rings (SSSR count). The first-order valence-corrected chi connectivity index (χ1v) is 11.2. The normalized spacial score (nSPS) is 13.8. The third kappa shape index (κ3) is 6.47. The zero-order chi connectivity index (χ0) is 25.6. The fourth-order valence-electron chi connectivity index (χ4n) is 3.84. The summed E-state index contributed by atoms with van der Waals surface area (Å²) < 4.78 is 55.6. The molecule has 0 amide bonds. The standard InChI is InChI=1S/C28H25ClF4N2/c1-4-6-20(5-2)16-27(26-12-11-24(29)18-34-26,35-17-21-9-7-19(3)8-10-21)22-13-23(28(31,32)33)15-25(30)14-22/h4-15,18,35H,1-2,16-17H2,3H3/b20-6+. The largest absolute Gasteiger partial charge is 0.416 e. The maximum absolute atomic E-state index is 14.6. The number of nitrogens with zero attached hydrogens (tertiary/aromatic N) is 1. The van der Waals surface area contributed by atoms with Gasteiger partial charge in [-0.1, -0.05) is 72.8 Å². The molecular weight excluding hydrogens is 476 g/mol. The number of pyridine rings is 1. The summed E-state index contributed by atoms with van der Waals surface area (Å²) in [5, 5.41) is 3.75. The lowest BCUT2D eigenvalue weighted by atomic mass is 9.79. The minimum absolute atomic E-state index is 0.0728. The Morgan fingerprint density at radius 1 is 1.03 bits per heavy atom. The van der Waals surface area contributed by atoms with Crippen LogP contribution in [0.1, 0.15) is 34.4 Å². The van der Waals surface area contributed by atoms with E-state index in [-0.39, 0.29) is 18.5 Å². The minimum Gasteiger partial charge on any atom is -0.298 e. The molecule has 1 heterocycles. The molecule has 0 aliphatic carbocycles. The Bertz CT molecular complexity index is 1220. The van der Waals surface area contributed by atoms with E-state index in [2.05, 4.69) is 23.5 Å². The molecule has 35 heavy (non-hydrogen) atoms. The molecule has 0 bridgehead atoms. The predicted molar refractivity (Wildman–Crippen MR) is 133 cm³/mol. The summed E-state index contributed by atoms with van der Waals surface area (Å²) in [5.41, 5.74) is 0.659. The molecule has 0 aliphatic rings. The summed E-state index contributed by atoms with van der Waals surface area (Å²) in [6, 6.07) is 13.5. The molecule has 0 saturated carbocycles. The van der Waals surface area contributed by atoms with Gasteiger partial charge in [-0.15, -0.1) is 0 Å². The second-order valence-electron chi connectivity index (χ2n) is 8.19. The summed E-state index contributed by atoms with van der Waals surface area (Å²) in [4.78, 5) is 4.44. The maximum atomic E-state index is 14.6. The van der Waals surface area contributed by atoms with E-state index in [9.17, 15) is 17.6 Å². The molecular formula is C28H25ClF4N2. The third-order valence-electron chi connectivity index (χ3n) is 5.66. The van der Waals surface area contributed by atoms with Gasteiger partial charge in [0.25, 0.3) is 0 Å². The van der Waals surface area contributed by atoms with Crippen molar-refractivity contribution in [3.05, 3.63) is 137 Å². The Labute approximate surface area is 207 Å². The molecule has 0 saturated heterocycles. The van der Waals surface area contributed by atoms with Gasteiger partial charge >= 0.3 is 6.18 Å². The quantitative estimate of drug-likeness (QED) is 0.238. The number of nitrogens with one attached hydrogen (secondary N) is 1. The zero-order valence-electron chi connectivity index (χ0n) is 19.2. The molecule has 3 aromatic rings. The molecule has 1 atom stereocenters. The van der Waals surface area contributed by atoms with Crippen molar-refractivity contribution in [2.45, 2.75) is 31.6 Å².